The van der Waals surface area contributed by atoms with E-state index in [4.69, 9.17) is 23.2 Å². The zero-order chi connectivity index (χ0) is 34.6. The van der Waals surface area contributed by atoms with Gasteiger partial charge in [-0.2, -0.15) is 0 Å². The van der Waals surface area contributed by atoms with Crippen molar-refractivity contribution < 1.29 is 23.5 Å². The van der Waals surface area contributed by atoms with Gasteiger partial charge in [0.15, 0.2) is 0 Å². The molecule has 3 aliphatic rings. The molecule has 0 aromatic heterocycles. The molecule has 2 aliphatic carbocycles. The highest BCUT2D eigenvalue weighted by atomic mass is 35.5. The smallest absolute Gasteiger partial charge is 0.337 e. The number of ether oxygens (including phenoxy) is 1. The number of anilines is 1. The van der Waals surface area contributed by atoms with Gasteiger partial charge in [-0.05, 0) is 81.5 Å². The Kier molecular flexibility index (Phi) is 19.8. The molecule has 3 atom stereocenters. The highest BCUT2D eigenvalue weighted by molar-refractivity contribution is 6.31. The number of allylic oxidation sites excluding steroid dienone is 4. The third kappa shape index (κ3) is 13.7. The Morgan fingerprint density at radius 2 is 1.89 bits per heavy atom. The van der Waals surface area contributed by atoms with Gasteiger partial charge in [0.2, 0.25) is 12.3 Å². The average Bonchev–Trinajstić information content (AvgIpc) is 3.79. The Balaban J connectivity index is 0.000000473. The standard InChI is InChI=1S/C21H23Cl2FN2O.C11H15NO3.2C2H6/c1-14(22)4-2-7-19(24)18-10-11-26(13-15-8-9-15)20(18)21(27)25-17-6-3-5-16(23)12-17;1-3-12(8-13)10-6-4-9(5-7-10)11(14)15-2;2*1-2/h2-7,12,15,18,20H,1,8-11,13H2,(H,25,27);4-6,8,10H,3,7H2,1-2H3;2*1-2H3/b4-2-,19-7-;;;. The number of halogens is 3. The SMILES string of the molecule is C=C(Cl)/C=C\C=C(/F)C1CCN(CC2CC2)C1C(=O)Nc1cccc(Cl)c1.CC.CC.CCN(C=O)C1C=CC(C(=O)OC)=CC1. The van der Waals surface area contributed by atoms with Crippen molar-refractivity contribution in [1.82, 2.24) is 9.80 Å². The normalized spacial score (nSPS) is 20.5. The first-order valence-electron chi connectivity index (χ1n) is 16.0. The van der Waals surface area contributed by atoms with Crippen molar-refractivity contribution in [3.63, 3.8) is 0 Å². The molecule has 0 spiro atoms. The van der Waals surface area contributed by atoms with Crippen molar-refractivity contribution in [3.05, 3.63) is 88.8 Å². The fourth-order valence-electron chi connectivity index (χ4n) is 4.99. The molecule has 254 valence electrons. The molecule has 1 saturated carbocycles. The minimum absolute atomic E-state index is 0.0564. The van der Waals surface area contributed by atoms with E-state index in [9.17, 15) is 18.8 Å². The molecular weight excluding hydrogens is 628 g/mol. The van der Waals surface area contributed by atoms with Gasteiger partial charge in [0.1, 0.15) is 5.83 Å². The van der Waals surface area contributed by atoms with Crippen LogP contribution in [0.5, 0.6) is 0 Å². The van der Waals surface area contributed by atoms with E-state index in [1.807, 2.05) is 40.7 Å². The molecule has 1 heterocycles. The van der Waals surface area contributed by atoms with Crippen molar-refractivity contribution in [3.8, 4) is 0 Å². The van der Waals surface area contributed by atoms with E-state index in [1.165, 1.54) is 38.2 Å². The number of amides is 2. The lowest BCUT2D eigenvalue weighted by Gasteiger charge is -2.26. The lowest BCUT2D eigenvalue weighted by molar-refractivity contribution is -0.135. The number of carbonyl (C=O) groups is 3. The minimum Gasteiger partial charge on any atom is -0.465 e. The highest BCUT2D eigenvalue weighted by Crippen LogP contribution is 2.37. The largest absolute Gasteiger partial charge is 0.465 e. The second-order valence-corrected chi connectivity index (χ2v) is 11.3. The zero-order valence-electron chi connectivity index (χ0n) is 28.0. The second-order valence-electron chi connectivity index (χ2n) is 10.4. The molecule has 4 rings (SSSR count). The fourth-order valence-corrected chi connectivity index (χ4v) is 5.26. The van der Waals surface area contributed by atoms with Gasteiger partial charge < -0.3 is 15.0 Å². The molecule has 2 fully saturated rings. The van der Waals surface area contributed by atoms with Crippen LogP contribution in [-0.4, -0.2) is 66.9 Å². The van der Waals surface area contributed by atoms with Gasteiger partial charge in [0.25, 0.3) is 0 Å². The lowest BCUT2D eigenvalue weighted by atomic mass is 9.97. The molecule has 1 aromatic carbocycles. The van der Waals surface area contributed by atoms with Crippen LogP contribution in [0.25, 0.3) is 0 Å². The van der Waals surface area contributed by atoms with E-state index in [2.05, 4.69) is 21.5 Å². The Labute approximate surface area is 284 Å². The van der Waals surface area contributed by atoms with Crippen LogP contribution in [0.3, 0.4) is 0 Å². The third-order valence-corrected chi connectivity index (χ3v) is 7.72. The summed E-state index contributed by atoms with van der Waals surface area (Å²) >= 11 is 11.7. The summed E-state index contributed by atoms with van der Waals surface area (Å²) in [4.78, 5) is 38.6. The number of nitrogens with one attached hydrogen (secondary N) is 1. The number of benzene rings is 1. The van der Waals surface area contributed by atoms with Gasteiger partial charge in [-0.15, -0.1) is 0 Å². The Hall–Kier alpha value is -3.20. The monoisotopic (exact) mass is 677 g/mol. The predicted octanol–water partition coefficient (Wildman–Crippen LogP) is 8.49. The summed E-state index contributed by atoms with van der Waals surface area (Å²) in [5, 5.41) is 3.77. The highest BCUT2D eigenvalue weighted by Gasteiger charge is 2.43. The van der Waals surface area contributed by atoms with Crippen LogP contribution >= 0.6 is 23.2 Å². The van der Waals surface area contributed by atoms with Gasteiger partial charge in [-0.25, -0.2) is 9.18 Å². The molecule has 1 N–H and O–H groups in total. The second kappa shape index (κ2) is 22.3. The summed E-state index contributed by atoms with van der Waals surface area (Å²) in [6.07, 6.45) is 14.2. The molecule has 3 unspecified atom stereocenters. The minimum atomic E-state index is -0.534. The number of likely N-dealkylation sites (tertiary alicyclic amines) is 1. The maximum absolute atomic E-state index is 14.8. The van der Waals surface area contributed by atoms with Crippen LogP contribution in [0, 0.1) is 11.8 Å². The molecule has 7 nitrogen and oxygen atoms in total. The number of hydrogen-bond acceptors (Lipinski definition) is 5. The topological polar surface area (TPSA) is 79.0 Å². The van der Waals surface area contributed by atoms with Gasteiger partial charge in [-0.3, -0.25) is 14.5 Å². The molecule has 0 radical (unpaired) electrons. The Morgan fingerprint density at radius 1 is 1.20 bits per heavy atom. The molecule has 10 heteroatoms. The van der Waals surface area contributed by atoms with Gasteiger partial charge >= 0.3 is 5.97 Å². The summed E-state index contributed by atoms with van der Waals surface area (Å²) in [7, 11) is 1.35. The molecule has 1 saturated heterocycles. The van der Waals surface area contributed by atoms with Crippen LogP contribution < -0.4 is 5.32 Å². The quantitative estimate of drug-likeness (QED) is 0.144. The van der Waals surface area contributed by atoms with E-state index in [0.717, 1.165) is 13.0 Å². The van der Waals surface area contributed by atoms with E-state index in [-0.39, 0.29) is 23.7 Å². The summed E-state index contributed by atoms with van der Waals surface area (Å²) in [6, 6.07) is 6.51. The first-order chi connectivity index (χ1) is 22.2. The number of likely N-dealkylation sites (N-methyl/N-ethyl adjacent to an activating group) is 1. The van der Waals surface area contributed by atoms with E-state index in [0.29, 0.717) is 53.2 Å². The molecule has 0 bridgehead atoms. The van der Waals surface area contributed by atoms with Crippen molar-refractivity contribution in [2.24, 2.45) is 11.8 Å². The molecule has 1 aliphatic heterocycles. The first-order valence-corrected chi connectivity index (χ1v) is 16.8. The maximum Gasteiger partial charge on any atom is 0.337 e. The molecular formula is C36H50Cl2FN3O4. The predicted molar refractivity (Wildman–Crippen MR) is 188 cm³/mol. The molecule has 1 aromatic rings. The van der Waals surface area contributed by atoms with E-state index < -0.39 is 12.0 Å². The summed E-state index contributed by atoms with van der Waals surface area (Å²) in [6.45, 7) is 15.7. The Morgan fingerprint density at radius 3 is 2.41 bits per heavy atom. The maximum atomic E-state index is 14.8. The van der Waals surface area contributed by atoms with Crippen LogP contribution in [0.15, 0.2) is 83.7 Å². The summed E-state index contributed by atoms with van der Waals surface area (Å²) in [5.74, 6) is -0.699. The van der Waals surface area contributed by atoms with Crippen molar-refractivity contribution in [2.45, 2.75) is 72.4 Å². The van der Waals surface area contributed by atoms with E-state index >= 15 is 0 Å². The molecule has 46 heavy (non-hydrogen) atoms. The van der Waals surface area contributed by atoms with Crippen molar-refractivity contribution in [1.29, 1.82) is 0 Å². The Bertz CT molecular complexity index is 1260. The van der Waals surface area contributed by atoms with Crippen LogP contribution in [0.2, 0.25) is 5.02 Å². The van der Waals surface area contributed by atoms with Gasteiger partial charge in [-0.1, -0.05) is 81.8 Å². The number of hydrogen-bond donors (Lipinski definition) is 1. The first kappa shape index (κ1) is 40.8. The third-order valence-electron chi connectivity index (χ3n) is 7.36. The van der Waals surface area contributed by atoms with Crippen molar-refractivity contribution in [2.75, 3.05) is 32.1 Å². The lowest BCUT2D eigenvalue weighted by Crippen LogP contribution is -2.44. The molecule has 2 amide bonds. The van der Waals surface area contributed by atoms with Gasteiger partial charge in [0.05, 0.1) is 24.8 Å². The number of carbonyl (C=O) groups excluding carboxylic acids is 3. The zero-order valence-corrected chi connectivity index (χ0v) is 29.5. The number of methoxy groups -OCH3 is 1. The van der Waals surface area contributed by atoms with E-state index in [1.54, 1.807) is 41.3 Å². The summed E-state index contributed by atoms with van der Waals surface area (Å²) in [5.41, 5.74) is 1.17. The average molecular weight is 679 g/mol. The van der Waals surface area contributed by atoms with Gasteiger partial charge in [0, 0.05) is 34.7 Å². The van der Waals surface area contributed by atoms with Crippen LogP contribution in [0.4, 0.5) is 10.1 Å². The summed E-state index contributed by atoms with van der Waals surface area (Å²) < 4.78 is 19.4. The number of rotatable bonds is 11. The number of nitrogens with zero attached hydrogens (tertiary/aromatic N) is 2. The van der Waals surface area contributed by atoms with Crippen LogP contribution in [-0.2, 0) is 19.1 Å². The van der Waals surface area contributed by atoms with Crippen molar-refractivity contribution >= 4 is 47.2 Å². The van der Waals surface area contributed by atoms with Crippen LogP contribution in [0.1, 0.15) is 60.3 Å². The fraction of sp³-hybridized carbons (Fsp3) is 0.472. The number of esters is 1.